The van der Waals surface area contributed by atoms with Crippen molar-refractivity contribution in [3.63, 3.8) is 0 Å². The van der Waals surface area contributed by atoms with Crippen LogP contribution in [0.15, 0.2) is 27.2 Å². The Hall–Kier alpha value is -1.96. The van der Waals surface area contributed by atoms with Gasteiger partial charge in [0.1, 0.15) is 17.6 Å². The lowest BCUT2D eigenvalue weighted by atomic mass is 10.3. The molecular weight excluding hydrogens is 357 g/mol. The minimum atomic E-state index is -0.770. The van der Waals surface area contributed by atoms with Crippen molar-refractivity contribution in [2.75, 3.05) is 0 Å². The number of benzene rings is 1. The Balaban J connectivity index is 1.97. The predicted octanol–water partition coefficient (Wildman–Crippen LogP) is 2.92. The topological polar surface area (TPSA) is 77.2 Å². The molecule has 1 heterocycles. The molecule has 22 heavy (non-hydrogen) atoms. The maximum Gasteiger partial charge on any atom is 0.261 e. The van der Waals surface area contributed by atoms with Crippen LogP contribution in [-0.4, -0.2) is 22.2 Å². The van der Waals surface area contributed by atoms with Crippen molar-refractivity contribution in [1.29, 1.82) is 0 Å². The van der Waals surface area contributed by atoms with Crippen molar-refractivity contribution in [2.24, 2.45) is 0 Å². The van der Waals surface area contributed by atoms with E-state index in [9.17, 15) is 9.18 Å². The van der Waals surface area contributed by atoms with E-state index in [2.05, 4.69) is 31.4 Å². The molecule has 0 fully saturated rings. The van der Waals surface area contributed by atoms with Gasteiger partial charge in [0, 0.05) is 0 Å². The summed E-state index contributed by atoms with van der Waals surface area (Å²) in [6.07, 6.45) is -0.770. The zero-order valence-electron chi connectivity index (χ0n) is 12.3. The molecule has 1 aromatic carbocycles. The molecule has 0 bridgehead atoms. The lowest BCUT2D eigenvalue weighted by molar-refractivity contribution is -0.128. The molecule has 0 aliphatic carbocycles. The number of aryl methyl sites for hydroxylation is 1. The van der Waals surface area contributed by atoms with Crippen LogP contribution >= 0.6 is 15.9 Å². The summed E-state index contributed by atoms with van der Waals surface area (Å²) in [7, 11) is 0. The SMILES string of the molecule is Cc1noc(C(C)NC(=O)C(C)Oc2ccc(F)cc2Br)n1. The van der Waals surface area contributed by atoms with Crippen molar-refractivity contribution >= 4 is 21.8 Å². The van der Waals surface area contributed by atoms with Gasteiger partial charge in [-0.15, -0.1) is 0 Å². The van der Waals surface area contributed by atoms with Crippen molar-refractivity contribution in [3.8, 4) is 5.75 Å². The normalized spacial score (nSPS) is 13.5. The van der Waals surface area contributed by atoms with Crippen LogP contribution in [0, 0.1) is 12.7 Å². The first-order chi connectivity index (χ1) is 10.4. The second kappa shape index (κ2) is 6.87. The van der Waals surface area contributed by atoms with E-state index in [-0.39, 0.29) is 5.91 Å². The highest BCUT2D eigenvalue weighted by atomic mass is 79.9. The zero-order chi connectivity index (χ0) is 16.3. The van der Waals surface area contributed by atoms with E-state index in [1.54, 1.807) is 20.8 Å². The molecule has 1 aromatic heterocycles. The number of ether oxygens (including phenoxy) is 1. The number of nitrogens with one attached hydrogen (secondary N) is 1. The fraction of sp³-hybridized carbons (Fsp3) is 0.357. The minimum Gasteiger partial charge on any atom is -0.480 e. The van der Waals surface area contributed by atoms with Crippen molar-refractivity contribution in [2.45, 2.75) is 32.9 Å². The predicted molar refractivity (Wildman–Crippen MR) is 79.8 cm³/mol. The number of hydrogen-bond donors (Lipinski definition) is 1. The van der Waals surface area contributed by atoms with Crippen LogP contribution in [0.4, 0.5) is 4.39 Å². The monoisotopic (exact) mass is 371 g/mol. The molecule has 8 heteroatoms. The van der Waals surface area contributed by atoms with E-state index in [1.807, 2.05) is 0 Å². The Bertz CT molecular complexity index is 677. The number of carbonyl (C=O) groups is 1. The van der Waals surface area contributed by atoms with Gasteiger partial charge < -0.3 is 14.6 Å². The molecule has 2 rings (SSSR count). The largest absolute Gasteiger partial charge is 0.480 e. The van der Waals surface area contributed by atoms with E-state index in [0.29, 0.717) is 21.9 Å². The molecule has 2 unspecified atom stereocenters. The Morgan fingerprint density at radius 1 is 1.45 bits per heavy atom. The number of halogens is 2. The Morgan fingerprint density at radius 3 is 2.77 bits per heavy atom. The van der Waals surface area contributed by atoms with Crippen molar-refractivity contribution < 1.29 is 18.4 Å². The average Bonchev–Trinajstić information content (AvgIpc) is 2.88. The van der Waals surface area contributed by atoms with Gasteiger partial charge in [-0.25, -0.2) is 4.39 Å². The molecular formula is C14H15BrFN3O3. The number of aromatic nitrogens is 2. The Morgan fingerprint density at radius 2 is 2.18 bits per heavy atom. The molecule has 2 aromatic rings. The van der Waals surface area contributed by atoms with Crippen molar-refractivity contribution in [1.82, 2.24) is 15.5 Å². The third-order valence-electron chi connectivity index (χ3n) is 2.84. The molecule has 0 radical (unpaired) electrons. The first kappa shape index (κ1) is 16.4. The molecule has 1 amide bonds. The molecule has 0 saturated carbocycles. The van der Waals surface area contributed by atoms with Gasteiger partial charge in [0.25, 0.3) is 5.91 Å². The number of nitrogens with zero attached hydrogens (tertiary/aromatic N) is 2. The van der Waals surface area contributed by atoms with Crippen molar-refractivity contribution in [3.05, 3.63) is 40.2 Å². The van der Waals surface area contributed by atoms with Gasteiger partial charge in [0.05, 0.1) is 4.47 Å². The number of carbonyl (C=O) groups excluding carboxylic acids is 1. The second-order valence-corrected chi connectivity index (χ2v) is 5.60. The molecule has 1 N–H and O–H groups in total. The van der Waals surface area contributed by atoms with Gasteiger partial charge in [-0.2, -0.15) is 4.98 Å². The van der Waals surface area contributed by atoms with Gasteiger partial charge in [-0.1, -0.05) is 5.16 Å². The summed E-state index contributed by atoms with van der Waals surface area (Å²) in [6.45, 7) is 5.02. The molecule has 118 valence electrons. The van der Waals surface area contributed by atoms with Crippen LogP contribution in [-0.2, 0) is 4.79 Å². The number of hydrogen-bond acceptors (Lipinski definition) is 5. The summed E-state index contributed by atoms with van der Waals surface area (Å²) in [5.41, 5.74) is 0. The van der Waals surface area contributed by atoms with E-state index >= 15 is 0 Å². The highest BCUT2D eigenvalue weighted by Crippen LogP contribution is 2.26. The van der Waals surface area contributed by atoms with Crippen LogP contribution in [0.3, 0.4) is 0 Å². The molecule has 0 saturated heterocycles. The smallest absolute Gasteiger partial charge is 0.261 e. The third kappa shape index (κ3) is 4.03. The van der Waals surface area contributed by atoms with E-state index in [0.717, 1.165) is 0 Å². The van der Waals surface area contributed by atoms with E-state index in [4.69, 9.17) is 9.26 Å². The summed E-state index contributed by atoms with van der Waals surface area (Å²) >= 11 is 3.19. The minimum absolute atomic E-state index is 0.320. The van der Waals surface area contributed by atoms with Gasteiger partial charge in [0.15, 0.2) is 11.9 Å². The fourth-order valence-corrected chi connectivity index (χ4v) is 2.14. The quantitative estimate of drug-likeness (QED) is 0.873. The summed E-state index contributed by atoms with van der Waals surface area (Å²) in [5, 5.41) is 6.38. The highest BCUT2D eigenvalue weighted by molar-refractivity contribution is 9.10. The molecule has 2 atom stereocenters. The zero-order valence-corrected chi connectivity index (χ0v) is 13.8. The van der Waals surface area contributed by atoms with Gasteiger partial charge >= 0.3 is 0 Å². The summed E-state index contributed by atoms with van der Waals surface area (Å²) in [4.78, 5) is 16.1. The molecule has 0 aliphatic rings. The van der Waals surface area contributed by atoms with Crippen LogP contribution in [0.1, 0.15) is 31.6 Å². The molecule has 6 nitrogen and oxygen atoms in total. The van der Waals surface area contributed by atoms with Crippen LogP contribution in [0.5, 0.6) is 5.75 Å². The fourth-order valence-electron chi connectivity index (χ4n) is 1.70. The average molecular weight is 372 g/mol. The molecule has 0 aliphatic heterocycles. The summed E-state index contributed by atoms with van der Waals surface area (Å²) in [6, 6.07) is 3.54. The summed E-state index contributed by atoms with van der Waals surface area (Å²) in [5.74, 6) is 0.457. The highest BCUT2D eigenvalue weighted by Gasteiger charge is 2.21. The van der Waals surface area contributed by atoms with Gasteiger partial charge in [-0.3, -0.25) is 4.79 Å². The van der Waals surface area contributed by atoms with Gasteiger partial charge in [-0.05, 0) is 54.9 Å². The van der Waals surface area contributed by atoms with E-state index < -0.39 is 18.0 Å². The maximum absolute atomic E-state index is 13.0. The number of amides is 1. The Labute approximate surface area is 135 Å². The first-order valence-corrected chi connectivity index (χ1v) is 7.38. The standard InChI is InChI=1S/C14H15BrFN3O3/c1-7(14-18-9(3)19-22-14)17-13(20)8(2)21-12-5-4-10(16)6-11(12)15/h4-8H,1-3H3,(H,17,20). The second-order valence-electron chi connectivity index (χ2n) is 4.74. The van der Waals surface area contributed by atoms with Gasteiger partial charge in [0.2, 0.25) is 5.89 Å². The molecule has 0 spiro atoms. The number of rotatable bonds is 5. The van der Waals surface area contributed by atoms with E-state index in [1.165, 1.54) is 18.2 Å². The lowest BCUT2D eigenvalue weighted by Crippen LogP contribution is -2.37. The van der Waals surface area contributed by atoms with Crippen LogP contribution in [0.2, 0.25) is 0 Å². The lowest BCUT2D eigenvalue weighted by Gasteiger charge is -2.17. The maximum atomic E-state index is 13.0. The van der Waals surface area contributed by atoms with Crippen LogP contribution < -0.4 is 10.1 Å². The Kier molecular flexibility index (Phi) is 5.12. The van der Waals surface area contributed by atoms with Crippen LogP contribution in [0.25, 0.3) is 0 Å². The summed E-state index contributed by atoms with van der Waals surface area (Å²) < 4.78 is 24.0. The first-order valence-electron chi connectivity index (χ1n) is 6.59. The third-order valence-corrected chi connectivity index (χ3v) is 3.46.